The Bertz CT molecular complexity index is 125. The monoisotopic (exact) mass is 140 g/mol. The van der Waals surface area contributed by atoms with E-state index in [4.69, 9.17) is 0 Å². The molecule has 1 atom stereocenters. The van der Waals surface area contributed by atoms with Gasteiger partial charge in [-0.15, -0.1) is 0 Å². The van der Waals surface area contributed by atoms with E-state index >= 15 is 0 Å². The lowest BCUT2D eigenvalue weighted by Gasteiger charge is -2.06. The number of hydrogen-bond acceptors (Lipinski definition) is 1. The summed E-state index contributed by atoms with van der Waals surface area (Å²) in [5.41, 5.74) is 1.25. The van der Waals surface area contributed by atoms with Crippen LogP contribution in [0.3, 0.4) is 0 Å². The standard InChI is InChI=1S/C9H16O/c1-8(10)9-6-4-2-3-5-7-9/h6,8,10H,2-5,7H2,1H3/t8-/m0/s1. The fraction of sp³-hybridized carbons (Fsp3) is 0.778. The fourth-order valence-corrected chi connectivity index (χ4v) is 1.42. The second-order valence-corrected chi connectivity index (χ2v) is 3.05. The molecule has 0 saturated heterocycles. The van der Waals surface area contributed by atoms with E-state index in [1.54, 1.807) is 0 Å². The molecular weight excluding hydrogens is 124 g/mol. The molecule has 1 N–H and O–H groups in total. The molecule has 1 aliphatic carbocycles. The van der Waals surface area contributed by atoms with Crippen molar-refractivity contribution >= 4 is 0 Å². The highest BCUT2D eigenvalue weighted by atomic mass is 16.3. The van der Waals surface area contributed by atoms with Gasteiger partial charge in [0, 0.05) is 0 Å². The summed E-state index contributed by atoms with van der Waals surface area (Å²) in [5.74, 6) is 0. The summed E-state index contributed by atoms with van der Waals surface area (Å²) >= 11 is 0. The van der Waals surface area contributed by atoms with Crippen LogP contribution in [0.15, 0.2) is 11.6 Å². The normalized spacial score (nSPS) is 23.2. The summed E-state index contributed by atoms with van der Waals surface area (Å²) in [6.07, 6.45) is 8.16. The zero-order valence-corrected chi connectivity index (χ0v) is 6.64. The molecule has 10 heavy (non-hydrogen) atoms. The quantitative estimate of drug-likeness (QED) is 0.554. The van der Waals surface area contributed by atoms with Crippen LogP contribution < -0.4 is 0 Å². The Morgan fingerprint density at radius 2 is 2.20 bits per heavy atom. The molecular formula is C9H16O. The Morgan fingerprint density at radius 1 is 1.40 bits per heavy atom. The van der Waals surface area contributed by atoms with Gasteiger partial charge >= 0.3 is 0 Å². The van der Waals surface area contributed by atoms with Crippen LogP contribution in [0, 0.1) is 0 Å². The molecule has 0 aromatic heterocycles. The molecule has 0 aromatic rings. The van der Waals surface area contributed by atoms with Gasteiger partial charge in [-0.25, -0.2) is 0 Å². The minimum atomic E-state index is -0.210. The SMILES string of the molecule is C[C@H](O)C1=CCCCCC1. The molecule has 0 unspecified atom stereocenters. The number of allylic oxidation sites excluding steroid dienone is 1. The molecule has 1 aliphatic rings. The number of aliphatic hydroxyl groups is 1. The van der Waals surface area contributed by atoms with Crippen molar-refractivity contribution in [1.29, 1.82) is 0 Å². The molecule has 0 radical (unpaired) electrons. The van der Waals surface area contributed by atoms with Gasteiger partial charge in [-0.05, 0) is 38.2 Å². The van der Waals surface area contributed by atoms with E-state index in [0.29, 0.717) is 0 Å². The summed E-state index contributed by atoms with van der Waals surface area (Å²) in [5, 5.41) is 9.23. The van der Waals surface area contributed by atoms with Crippen LogP contribution in [0.2, 0.25) is 0 Å². The van der Waals surface area contributed by atoms with Gasteiger partial charge in [-0.3, -0.25) is 0 Å². The summed E-state index contributed by atoms with van der Waals surface area (Å²) in [4.78, 5) is 0. The number of aliphatic hydroxyl groups excluding tert-OH is 1. The minimum Gasteiger partial charge on any atom is -0.389 e. The first kappa shape index (κ1) is 7.80. The van der Waals surface area contributed by atoms with Crippen LogP contribution in [-0.2, 0) is 0 Å². The van der Waals surface area contributed by atoms with Crippen molar-refractivity contribution in [3.8, 4) is 0 Å². The van der Waals surface area contributed by atoms with Crippen LogP contribution in [0.5, 0.6) is 0 Å². The highest BCUT2D eigenvalue weighted by Crippen LogP contribution is 2.19. The fourth-order valence-electron chi connectivity index (χ4n) is 1.42. The average Bonchev–Trinajstić information content (AvgIpc) is 2.12. The Morgan fingerprint density at radius 3 is 2.90 bits per heavy atom. The Labute approximate surface area is 62.8 Å². The molecule has 0 fully saturated rings. The van der Waals surface area contributed by atoms with Crippen molar-refractivity contribution in [3.05, 3.63) is 11.6 Å². The van der Waals surface area contributed by atoms with Crippen LogP contribution >= 0.6 is 0 Å². The third kappa shape index (κ3) is 2.14. The lowest BCUT2D eigenvalue weighted by molar-refractivity contribution is 0.226. The molecule has 0 aromatic carbocycles. The van der Waals surface area contributed by atoms with Gasteiger partial charge in [0.1, 0.15) is 0 Å². The van der Waals surface area contributed by atoms with Crippen molar-refractivity contribution in [2.45, 2.75) is 45.1 Å². The number of hydrogen-bond donors (Lipinski definition) is 1. The summed E-state index contributed by atoms with van der Waals surface area (Å²) in [6.45, 7) is 1.86. The van der Waals surface area contributed by atoms with E-state index in [2.05, 4.69) is 6.08 Å². The highest BCUT2D eigenvalue weighted by Gasteiger charge is 2.06. The van der Waals surface area contributed by atoms with Crippen LogP contribution in [0.1, 0.15) is 39.0 Å². The maximum Gasteiger partial charge on any atom is 0.0721 e. The predicted octanol–water partition coefficient (Wildman–Crippen LogP) is 2.26. The molecule has 1 nitrogen and oxygen atoms in total. The van der Waals surface area contributed by atoms with Gasteiger partial charge in [0.25, 0.3) is 0 Å². The van der Waals surface area contributed by atoms with E-state index in [0.717, 1.165) is 6.42 Å². The topological polar surface area (TPSA) is 20.2 Å². The second kappa shape index (κ2) is 3.77. The van der Waals surface area contributed by atoms with Gasteiger partial charge in [0.15, 0.2) is 0 Å². The molecule has 58 valence electrons. The third-order valence-electron chi connectivity index (χ3n) is 2.11. The van der Waals surface area contributed by atoms with E-state index in [1.165, 1.54) is 31.3 Å². The highest BCUT2D eigenvalue weighted by molar-refractivity contribution is 5.07. The Hall–Kier alpha value is -0.300. The van der Waals surface area contributed by atoms with E-state index in [1.807, 2.05) is 6.92 Å². The van der Waals surface area contributed by atoms with E-state index in [9.17, 15) is 5.11 Å². The zero-order chi connectivity index (χ0) is 7.40. The van der Waals surface area contributed by atoms with Gasteiger partial charge in [0.05, 0.1) is 6.10 Å². The molecule has 0 heterocycles. The van der Waals surface area contributed by atoms with Crippen LogP contribution in [0.4, 0.5) is 0 Å². The molecule has 0 spiro atoms. The van der Waals surface area contributed by atoms with Crippen molar-refractivity contribution in [1.82, 2.24) is 0 Å². The van der Waals surface area contributed by atoms with Crippen molar-refractivity contribution in [2.24, 2.45) is 0 Å². The molecule has 1 heteroatoms. The summed E-state index contributed by atoms with van der Waals surface area (Å²) < 4.78 is 0. The molecule has 1 rings (SSSR count). The van der Waals surface area contributed by atoms with Gasteiger partial charge < -0.3 is 5.11 Å². The first-order chi connectivity index (χ1) is 4.80. The van der Waals surface area contributed by atoms with Gasteiger partial charge in [0.2, 0.25) is 0 Å². The van der Waals surface area contributed by atoms with Crippen molar-refractivity contribution in [2.75, 3.05) is 0 Å². The number of rotatable bonds is 1. The maximum absolute atomic E-state index is 9.23. The van der Waals surface area contributed by atoms with E-state index < -0.39 is 0 Å². The predicted molar refractivity (Wildman–Crippen MR) is 42.8 cm³/mol. The van der Waals surface area contributed by atoms with Crippen molar-refractivity contribution < 1.29 is 5.11 Å². The molecule has 0 amide bonds. The summed E-state index contributed by atoms with van der Waals surface area (Å²) in [6, 6.07) is 0. The Kier molecular flexibility index (Phi) is 2.94. The third-order valence-corrected chi connectivity index (χ3v) is 2.11. The smallest absolute Gasteiger partial charge is 0.0721 e. The lowest BCUT2D eigenvalue weighted by atomic mass is 10.1. The largest absolute Gasteiger partial charge is 0.389 e. The average molecular weight is 140 g/mol. The molecule has 0 bridgehead atoms. The molecule has 0 saturated carbocycles. The van der Waals surface area contributed by atoms with Crippen LogP contribution in [-0.4, -0.2) is 11.2 Å². The van der Waals surface area contributed by atoms with E-state index in [-0.39, 0.29) is 6.10 Å². The van der Waals surface area contributed by atoms with Crippen molar-refractivity contribution in [3.63, 3.8) is 0 Å². The Balaban J connectivity index is 2.46. The second-order valence-electron chi connectivity index (χ2n) is 3.05. The maximum atomic E-state index is 9.23. The molecule has 0 aliphatic heterocycles. The minimum absolute atomic E-state index is 0.210. The first-order valence-corrected chi connectivity index (χ1v) is 4.17. The zero-order valence-electron chi connectivity index (χ0n) is 6.64. The lowest BCUT2D eigenvalue weighted by Crippen LogP contribution is -2.03. The van der Waals surface area contributed by atoms with Crippen LogP contribution in [0.25, 0.3) is 0 Å². The van der Waals surface area contributed by atoms with Gasteiger partial charge in [-0.1, -0.05) is 12.5 Å². The first-order valence-electron chi connectivity index (χ1n) is 4.17. The van der Waals surface area contributed by atoms with Gasteiger partial charge in [-0.2, -0.15) is 0 Å². The summed E-state index contributed by atoms with van der Waals surface area (Å²) in [7, 11) is 0.